The predicted octanol–water partition coefficient (Wildman–Crippen LogP) is 2.68. The van der Waals surface area contributed by atoms with Gasteiger partial charge in [-0.2, -0.15) is 0 Å². The van der Waals surface area contributed by atoms with Crippen molar-refractivity contribution in [3.8, 4) is 0 Å². The number of rotatable bonds is 4. The van der Waals surface area contributed by atoms with E-state index in [9.17, 15) is 14.0 Å². The van der Waals surface area contributed by atoms with E-state index in [-0.39, 0.29) is 23.0 Å². The summed E-state index contributed by atoms with van der Waals surface area (Å²) in [6.07, 6.45) is 3.33. The molecule has 3 rings (SSSR count). The van der Waals surface area contributed by atoms with Gasteiger partial charge < -0.3 is 9.80 Å². The van der Waals surface area contributed by atoms with Gasteiger partial charge in [-0.1, -0.05) is 18.2 Å². The SMILES string of the molecule is CCN1CC2(CCC1=O)CCN(C(=O)[C@@H](c1ccccc1F)N(C)C)CC2. The molecule has 2 aliphatic heterocycles. The van der Waals surface area contributed by atoms with Gasteiger partial charge in [-0.3, -0.25) is 14.5 Å². The molecule has 2 heterocycles. The molecular weight excluding hydrogens is 345 g/mol. The molecule has 148 valence electrons. The summed E-state index contributed by atoms with van der Waals surface area (Å²) in [5.74, 6) is -0.143. The molecule has 1 atom stereocenters. The van der Waals surface area contributed by atoms with E-state index in [0.717, 1.165) is 32.4 Å². The van der Waals surface area contributed by atoms with Crippen LogP contribution in [0, 0.1) is 11.2 Å². The fourth-order valence-electron chi connectivity index (χ4n) is 4.50. The van der Waals surface area contributed by atoms with Crippen molar-refractivity contribution < 1.29 is 14.0 Å². The lowest BCUT2D eigenvalue weighted by Gasteiger charge is -2.48. The molecule has 2 fully saturated rings. The summed E-state index contributed by atoms with van der Waals surface area (Å²) in [6, 6.07) is 5.90. The molecule has 1 aromatic carbocycles. The number of piperidine rings is 2. The summed E-state index contributed by atoms with van der Waals surface area (Å²) in [5.41, 5.74) is 0.556. The maximum absolute atomic E-state index is 14.3. The van der Waals surface area contributed by atoms with Gasteiger partial charge in [0.1, 0.15) is 11.9 Å². The summed E-state index contributed by atoms with van der Waals surface area (Å²) in [6.45, 7) is 4.91. The molecule has 0 aliphatic carbocycles. The van der Waals surface area contributed by atoms with E-state index >= 15 is 0 Å². The van der Waals surface area contributed by atoms with E-state index in [1.807, 2.05) is 30.8 Å². The smallest absolute Gasteiger partial charge is 0.244 e. The Hall–Kier alpha value is -1.95. The quantitative estimate of drug-likeness (QED) is 0.813. The minimum atomic E-state index is -0.611. The first-order valence-electron chi connectivity index (χ1n) is 9.84. The molecule has 0 unspecified atom stereocenters. The normalized spacial score (nSPS) is 21.0. The van der Waals surface area contributed by atoms with E-state index in [1.165, 1.54) is 6.07 Å². The third kappa shape index (κ3) is 4.00. The van der Waals surface area contributed by atoms with Crippen LogP contribution in [0.25, 0.3) is 0 Å². The molecular formula is C21H30FN3O2. The monoisotopic (exact) mass is 375 g/mol. The number of carbonyl (C=O) groups is 2. The van der Waals surface area contributed by atoms with Gasteiger partial charge in [0.2, 0.25) is 11.8 Å². The first-order valence-corrected chi connectivity index (χ1v) is 9.84. The summed E-state index contributed by atoms with van der Waals surface area (Å²) in [4.78, 5) is 30.8. The van der Waals surface area contributed by atoms with Crippen LogP contribution in [0.1, 0.15) is 44.2 Å². The molecule has 1 aromatic rings. The molecule has 27 heavy (non-hydrogen) atoms. The van der Waals surface area contributed by atoms with Gasteiger partial charge in [0.25, 0.3) is 0 Å². The van der Waals surface area contributed by atoms with Gasteiger partial charge in [0.05, 0.1) is 0 Å². The highest BCUT2D eigenvalue weighted by Crippen LogP contribution is 2.40. The van der Waals surface area contributed by atoms with E-state index in [1.54, 1.807) is 23.1 Å². The Balaban J connectivity index is 1.70. The highest BCUT2D eigenvalue weighted by atomic mass is 19.1. The highest BCUT2D eigenvalue weighted by Gasteiger charge is 2.42. The zero-order chi connectivity index (χ0) is 19.6. The Morgan fingerprint density at radius 2 is 1.89 bits per heavy atom. The average molecular weight is 375 g/mol. The lowest BCUT2D eigenvalue weighted by atomic mass is 9.72. The number of carbonyl (C=O) groups excluding carboxylic acids is 2. The average Bonchev–Trinajstić information content (AvgIpc) is 2.66. The van der Waals surface area contributed by atoms with Crippen LogP contribution in [-0.2, 0) is 9.59 Å². The van der Waals surface area contributed by atoms with Crippen LogP contribution in [0.3, 0.4) is 0 Å². The van der Waals surface area contributed by atoms with E-state index in [2.05, 4.69) is 0 Å². The summed E-state index contributed by atoms with van der Waals surface area (Å²) in [7, 11) is 3.62. The van der Waals surface area contributed by atoms with Gasteiger partial charge in [0.15, 0.2) is 0 Å². The Kier molecular flexibility index (Phi) is 5.84. The van der Waals surface area contributed by atoms with Crippen LogP contribution >= 0.6 is 0 Å². The molecule has 0 N–H and O–H groups in total. The largest absolute Gasteiger partial charge is 0.342 e. The number of halogens is 1. The lowest BCUT2D eigenvalue weighted by molar-refractivity contribution is -0.144. The second kappa shape index (κ2) is 7.97. The van der Waals surface area contributed by atoms with Crippen LogP contribution in [0.5, 0.6) is 0 Å². The van der Waals surface area contributed by atoms with Gasteiger partial charge in [-0.25, -0.2) is 4.39 Å². The van der Waals surface area contributed by atoms with E-state index in [0.29, 0.717) is 25.1 Å². The first kappa shape index (κ1) is 19.8. The van der Waals surface area contributed by atoms with Crippen LogP contribution in [0.2, 0.25) is 0 Å². The third-order valence-electron chi connectivity index (χ3n) is 6.22. The Morgan fingerprint density at radius 1 is 1.22 bits per heavy atom. The van der Waals surface area contributed by atoms with Crippen LogP contribution in [0.15, 0.2) is 24.3 Å². The van der Waals surface area contributed by atoms with E-state index < -0.39 is 6.04 Å². The lowest BCUT2D eigenvalue weighted by Crippen LogP contribution is -2.53. The van der Waals surface area contributed by atoms with Crippen molar-refractivity contribution in [3.05, 3.63) is 35.6 Å². The van der Waals surface area contributed by atoms with Gasteiger partial charge in [-0.15, -0.1) is 0 Å². The molecule has 6 heteroatoms. The minimum Gasteiger partial charge on any atom is -0.342 e. The number of hydrogen-bond donors (Lipinski definition) is 0. The summed E-state index contributed by atoms with van der Waals surface area (Å²) < 4.78 is 14.3. The van der Waals surface area contributed by atoms with Crippen molar-refractivity contribution in [2.45, 2.75) is 38.6 Å². The van der Waals surface area contributed by atoms with Crippen molar-refractivity contribution in [2.75, 3.05) is 40.3 Å². The Bertz CT molecular complexity index is 698. The van der Waals surface area contributed by atoms with E-state index in [4.69, 9.17) is 0 Å². The van der Waals surface area contributed by atoms with Gasteiger partial charge in [-0.05, 0) is 51.8 Å². The van der Waals surface area contributed by atoms with Crippen molar-refractivity contribution in [2.24, 2.45) is 5.41 Å². The van der Waals surface area contributed by atoms with Crippen molar-refractivity contribution in [3.63, 3.8) is 0 Å². The molecule has 2 aliphatic rings. The van der Waals surface area contributed by atoms with Crippen LogP contribution in [-0.4, -0.2) is 66.8 Å². The van der Waals surface area contributed by atoms with Gasteiger partial charge in [0, 0.05) is 38.2 Å². The second-order valence-corrected chi connectivity index (χ2v) is 8.12. The maximum atomic E-state index is 14.3. The fraction of sp³-hybridized carbons (Fsp3) is 0.619. The number of likely N-dealkylation sites (tertiary alicyclic amines) is 2. The highest BCUT2D eigenvalue weighted by molar-refractivity contribution is 5.83. The van der Waals surface area contributed by atoms with Crippen molar-refractivity contribution >= 4 is 11.8 Å². The Morgan fingerprint density at radius 3 is 2.48 bits per heavy atom. The minimum absolute atomic E-state index is 0.0424. The number of nitrogens with zero attached hydrogens (tertiary/aromatic N) is 3. The molecule has 1 spiro atoms. The fourth-order valence-corrected chi connectivity index (χ4v) is 4.50. The zero-order valence-corrected chi connectivity index (χ0v) is 16.6. The number of hydrogen-bond acceptors (Lipinski definition) is 3. The molecule has 0 saturated carbocycles. The molecule has 2 amide bonds. The number of likely N-dealkylation sites (N-methyl/N-ethyl adjacent to an activating group) is 1. The third-order valence-corrected chi connectivity index (χ3v) is 6.22. The second-order valence-electron chi connectivity index (χ2n) is 8.12. The van der Waals surface area contributed by atoms with Crippen molar-refractivity contribution in [1.82, 2.24) is 14.7 Å². The van der Waals surface area contributed by atoms with Crippen LogP contribution < -0.4 is 0 Å². The summed E-state index contributed by atoms with van der Waals surface area (Å²) in [5, 5.41) is 0. The summed E-state index contributed by atoms with van der Waals surface area (Å²) >= 11 is 0. The topological polar surface area (TPSA) is 43.9 Å². The maximum Gasteiger partial charge on any atom is 0.244 e. The molecule has 0 aromatic heterocycles. The molecule has 2 saturated heterocycles. The van der Waals surface area contributed by atoms with Crippen LogP contribution in [0.4, 0.5) is 4.39 Å². The predicted molar refractivity (Wildman–Crippen MR) is 103 cm³/mol. The standard InChI is InChI=1S/C21H30FN3O2/c1-4-24-15-21(10-9-18(24)26)11-13-25(14-12-21)20(27)19(23(2)3)16-7-5-6-8-17(16)22/h5-8,19H,4,9-15H2,1-3H3/t19-/m1/s1. The number of amides is 2. The number of benzene rings is 1. The van der Waals surface area contributed by atoms with Crippen molar-refractivity contribution in [1.29, 1.82) is 0 Å². The molecule has 0 radical (unpaired) electrons. The Labute approximate surface area is 161 Å². The zero-order valence-electron chi connectivity index (χ0n) is 16.6. The molecule has 5 nitrogen and oxygen atoms in total. The van der Waals surface area contributed by atoms with Gasteiger partial charge >= 0.3 is 0 Å². The first-order chi connectivity index (χ1) is 12.9. The molecule has 0 bridgehead atoms.